The Kier molecular flexibility index (Phi) is 6.86. The number of ether oxygens (including phenoxy) is 1. The Labute approximate surface area is 125 Å². The Bertz CT molecular complexity index is 467. The summed E-state index contributed by atoms with van der Waals surface area (Å²) in [4.78, 5) is 23.3. The van der Waals surface area contributed by atoms with Crippen molar-refractivity contribution in [2.24, 2.45) is 0 Å². The zero-order valence-corrected chi connectivity index (χ0v) is 12.7. The van der Waals surface area contributed by atoms with E-state index in [2.05, 4.69) is 21.2 Å². The predicted octanol–water partition coefficient (Wildman–Crippen LogP) is 1.94. The van der Waals surface area contributed by atoms with Gasteiger partial charge in [-0.2, -0.15) is 0 Å². The summed E-state index contributed by atoms with van der Waals surface area (Å²) in [5.41, 5.74) is 0. The lowest BCUT2D eigenvalue weighted by Gasteiger charge is -2.17. The maximum Gasteiger partial charge on any atom is 0.317 e. The summed E-state index contributed by atoms with van der Waals surface area (Å²) >= 11 is 3.34. The number of nitrogens with zero attached hydrogens (tertiary/aromatic N) is 1. The van der Waals surface area contributed by atoms with Crippen LogP contribution in [0.5, 0.6) is 5.75 Å². The summed E-state index contributed by atoms with van der Waals surface area (Å²) in [5, 5.41) is 11.2. The van der Waals surface area contributed by atoms with Gasteiger partial charge in [0.2, 0.25) is 0 Å². The quantitative estimate of drug-likeness (QED) is 0.741. The molecule has 0 bridgehead atoms. The lowest BCUT2D eigenvalue weighted by Crippen LogP contribution is -2.40. The van der Waals surface area contributed by atoms with Gasteiger partial charge >= 0.3 is 12.0 Å². The van der Waals surface area contributed by atoms with E-state index in [1.807, 2.05) is 24.3 Å². The fourth-order valence-corrected chi connectivity index (χ4v) is 1.76. The monoisotopic (exact) mass is 344 g/mol. The number of hydrogen-bond acceptors (Lipinski definition) is 3. The first-order chi connectivity index (χ1) is 9.49. The van der Waals surface area contributed by atoms with Crippen LogP contribution in [0, 0.1) is 0 Å². The zero-order valence-electron chi connectivity index (χ0n) is 11.1. The molecule has 1 aromatic carbocycles. The molecule has 0 aromatic heterocycles. The van der Waals surface area contributed by atoms with E-state index in [0.717, 1.165) is 4.47 Å². The molecule has 0 fully saturated rings. The van der Waals surface area contributed by atoms with Crippen molar-refractivity contribution in [3.63, 3.8) is 0 Å². The second-order valence-electron chi connectivity index (χ2n) is 4.10. The number of hydrogen-bond donors (Lipinski definition) is 2. The zero-order chi connectivity index (χ0) is 15.0. The fourth-order valence-electron chi connectivity index (χ4n) is 1.38. The first-order valence-corrected chi connectivity index (χ1v) is 6.87. The summed E-state index contributed by atoms with van der Waals surface area (Å²) < 4.78 is 6.38. The Hall–Kier alpha value is -1.76. The van der Waals surface area contributed by atoms with Gasteiger partial charge in [-0.1, -0.05) is 22.0 Å². The van der Waals surface area contributed by atoms with Crippen molar-refractivity contribution >= 4 is 27.9 Å². The highest BCUT2D eigenvalue weighted by atomic mass is 79.9. The minimum atomic E-state index is -0.928. The topological polar surface area (TPSA) is 78.9 Å². The van der Waals surface area contributed by atoms with Crippen LogP contribution < -0.4 is 10.1 Å². The van der Waals surface area contributed by atoms with Crippen LogP contribution in [0.25, 0.3) is 0 Å². The van der Waals surface area contributed by atoms with Crippen LogP contribution in [0.1, 0.15) is 6.42 Å². The van der Waals surface area contributed by atoms with Crippen LogP contribution >= 0.6 is 15.9 Å². The van der Waals surface area contributed by atoms with Gasteiger partial charge < -0.3 is 20.1 Å². The summed E-state index contributed by atoms with van der Waals surface area (Å²) in [6.07, 6.45) is -0.0710. The minimum Gasteiger partial charge on any atom is -0.492 e. The highest BCUT2D eigenvalue weighted by Gasteiger charge is 2.09. The van der Waals surface area contributed by atoms with Crippen molar-refractivity contribution < 1.29 is 19.4 Å². The highest BCUT2D eigenvalue weighted by Crippen LogP contribution is 2.17. The van der Waals surface area contributed by atoms with Gasteiger partial charge in [0, 0.05) is 18.1 Å². The fraction of sp³-hybridized carbons (Fsp3) is 0.385. The molecule has 0 saturated carbocycles. The number of rotatable bonds is 7. The van der Waals surface area contributed by atoms with Gasteiger partial charge in [-0.15, -0.1) is 0 Å². The van der Waals surface area contributed by atoms with Crippen molar-refractivity contribution in [2.45, 2.75) is 6.42 Å². The third-order valence-electron chi connectivity index (χ3n) is 2.45. The Balaban J connectivity index is 2.20. The molecule has 0 unspecified atom stereocenters. The van der Waals surface area contributed by atoms with E-state index >= 15 is 0 Å². The number of aliphatic carboxylic acids is 1. The SMILES string of the molecule is CN(CCC(=O)O)C(=O)NCCOc1cccc(Br)c1. The number of halogens is 1. The lowest BCUT2D eigenvalue weighted by atomic mass is 10.3. The molecular weight excluding hydrogens is 328 g/mol. The number of nitrogens with one attached hydrogen (secondary N) is 1. The molecule has 0 aliphatic heterocycles. The van der Waals surface area contributed by atoms with E-state index in [-0.39, 0.29) is 19.0 Å². The van der Waals surface area contributed by atoms with Crippen molar-refractivity contribution in [3.8, 4) is 5.75 Å². The number of carboxylic acid groups (broad SMARTS) is 1. The molecule has 2 amide bonds. The molecule has 1 aromatic rings. The largest absolute Gasteiger partial charge is 0.492 e. The first-order valence-electron chi connectivity index (χ1n) is 6.08. The van der Waals surface area contributed by atoms with E-state index in [4.69, 9.17) is 9.84 Å². The van der Waals surface area contributed by atoms with Gasteiger partial charge in [0.15, 0.2) is 0 Å². The standard InChI is InChI=1S/C13H17BrN2O4/c1-16(7-5-12(17)18)13(19)15-6-8-20-11-4-2-3-10(14)9-11/h2-4,9H,5-8H2,1H3,(H,15,19)(H,17,18). The average molecular weight is 345 g/mol. The lowest BCUT2D eigenvalue weighted by molar-refractivity contribution is -0.137. The number of carbonyl (C=O) groups excluding carboxylic acids is 1. The number of urea groups is 1. The second kappa shape index (κ2) is 8.42. The number of carbonyl (C=O) groups is 2. The maximum absolute atomic E-state index is 11.6. The molecule has 0 aliphatic rings. The van der Waals surface area contributed by atoms with E-state index in [9.17, 15) is 9.59 Å². The normalized spacial score (nSPS) is 9.90. The van der Waals surface area contributed by atoms with Gasteiger partial charge in [-0.25, -0.2) is 4.79 Å². The molecular formula is C13H17BrN2O4. The molecule has 0 spiro atoms. The van der Waals surface area contributed by atoms with Gasteiger partial charge in [-0.3, -0.25) is 4.79 Å². The Morgan fingerprint density at radius 3 is 2.85 bits per heavy atom. The molecule has 20 heavy (non-hydrogen) atoms. The van der Waals surface area contributed by atoms with Crippen LogP contribution in [0.4, 0.5) is 4.79 Å². The number of amides is 2. The minimum absolute atomic E-state index is 0.0710. The van der Waals surface area contributed by atoms with Gasteiger partial charge in [-0.05, 0) is 18.2 Å². The smallest absolute Gasteiger partial charge is 0.317 e. The molecule has 1 rings (SSSR count). The van der Waals surface area contributed by atoms with Crippen molar-refractivity contribution in [3.05, 3.63) is 28.7 Å². The van der Waals surface area contributed by atoms with Gasteiger partial charge in [0.25, 0.3) is 0 Å². The molecule has 0 radical (unpaired) electrons. The van der Waals surface area contributed by atoms with Crippen molar-refractivity contribution in [1.29, 1.82) is 0 Å². The molecule has 0 saturated heterocycles. The molecule has 2 N–H and O–H groups in total. The Morgan fingerprint density at radius 1 is 1.45 bits per heavy atom. The van der Waals surface area contributed by atoms with Crippen LogP contribution in [0.15, 0.2) is 28.7 Å². The third-order valence-corrected chi connectivity index (χ3v) is 2.94. The van der Waals surface area contributed by atoms with Crippen LogP contribution in [-0.2, 0) is 4.79 Å². The highest BCUT2D eigenvalue weighted by molar-refractivity contribution is 9.10. The summed E-state index contributed by atoms with van der Waals surface area (Å²) in [7, 11) is 1.55. The maximum atomic E-state index is 11.6. The number of carboxylic acids is 1. The van der Waals surface area contributed by atoms with Crippen LogP contribution in [0.3, 0.4) is 0 Å². The van der Waals surface area contributed by atoms with E-state index in [1.165, 1.54) is 4.90 Å². The second-order valence-corrected chi connectivity index (χ2v) is 5.02. The van der Waals surface area contributed by atoms with Crippen molar-refractivity contribution in [2.75, 3.05) is 26.7 Å². The molecule has 6 nitrogen and oxygen atoms in total. The average Bonchev–Trinajstić information content (AvgIpc) is 2.40. The molecule has 0 aliphatic carbocycles. The molecule has 0 atom stereocenters. The van der Waals surface area contributed by atoms with E-state index in [1.54, 1.807) is 7.05 Å². The van der Waals surface area contributed by atoms with Crippen molar-refractivity contribution in [1.82, 2.24) is 10.2 Å². The van der Waals surface area contributed by atoms with Gasteiger partial charge in [0.1, 0.15) is 12.4 Å². The summed E-state index contributed by atoms with van der Waals surface area (Å²) in [6.45, 7) is 0.866. The van der Waals surface area contributed by atoms with Crippen LogP contribution in [0.2, 0.25) is 0 Å². The Morgan fingerprint density at radius 2 is 2.20 bits per heavy atom. The molecule has 7 heteroatoms. The summed E-state index contributed by atoms with van der Waals surface area (Å²) in [5.74, 6) is -0.213. The van der Waals surface area contributed by atoms with Gasteiger partial charge in [0.05, 0.1) is 13.0 Å². The third kappa shape index (κ3) is 6.42. The number of benzene rings is 1. The summed E-state index contributed by atoms with van der Waals surface area (Å²) in [6, 6.07) is 7.10. The first kappa shape index (κ1) is 16.3. The van der Waals surface area contributed by atoms with Crippen LogP contribution in [-0.4, -0.2) is 48.8 Å². The predicted molar refractivity (Wildman–Crippen MR) is 77.9 cm³/mol. The molecule has 0 heterocycles. The molecule has 110 valence electrons. The van der Waals surface area contributed by atoms with E-state index < -0.39 is 5.97 Å². The van der Waals surface area contributed by atoms with E-state index in [0.29, 0.717) is 18.9 Å².